The Morgan fingerprint density at radius 2 is 2.05 bits per heavy atom. The Balaban J connectivity index is 3.07. The van der Waals surface area contributed by atoms with E-state index in [0.717, 1.165) is 23.5 Å². The fourth-order valence-corrected chi connectivity index (χ4v) is 2.23. The van der Waals surface area contributed by atoms with Crippen LogP contribution in [0.5, 0.6) is 11.5 Å². The van der Waals surface area contributed by atoms with Crippen molar-refractivity contribution in [3.05, 3.63) is 23.8 Å². The van der Waals surface area contributed by atoms with Crippen LogP contribution in [0.4, 0.5) is 0 Å². The Morgan fingerprint density at radius 3 is 2.55 bits per heavy atom. The first-order valence-electron chi connectivity index (χ1n) is 6.71. The summed E-state index contributed by atoms with van der Waals surface area (Å²) in [6, 6.07) is 5.51. The summed E-state index contributed by atoms with van der Waals surface area (Å²) in [6.07, 6.45) is 0.893. The van der Waals surface area contributed by atoms with Gasteiger partial charge in [0.2, 0.25) is 0 Å². The molecule has 0 amide bonds. The normalized spacial score (nSPS) is 12.2. The molecule has 5 nitrogen and oxygen atoms in total. The minimum atomic E-state index is -0.827. The third-order valence-electron chi connectivity index (χ3n) is 3.28. The van der Waals surface area contributed by atoms with Gasteiger partial charge in [-0.05, 0) is 38.1 Å². The van der Waals surface area contributed by atoms with Crippen molar-refractivity contribution in [3.8, 4) is 11.5 Å². The van der Waals surface area contributed by atoms with Gasteiger partial charge in [0.15, 0.2) is 0 Å². The molecule has 0 bridgehead atoms. The number of carboxylic acids is 1. The average Bonchev–Trinajstić information content (AvgIpc) is 2.44. The van der Waals surface area contributed by atoms with Crippen LogP contribution in [0.25, 0.3) is 0 Å². The lowest BCUT2D eigenvalue weighted by Gasteiger charge is -2.28. The summed E-state index contributed by atoms with van der Waals surface area (Å²) < 4.78 is 10.6. The molecular weight excluding hydrogens is 258 g/mol. The molecule has 112 valence electrons. The minimum Gasteiger partial charge on any atom is -0.497 e. The van der Waals surface area contributed by atoms with Crippen molar-refractivity contribution < 1.29 is 19.4 Å². The van der Waals surface area contributed by atoms with Gasteiger partial charge in [-0.1, -0.05) is 6.92 Å². The molecule has 1 atom stereocenters. The molecule has 1 aromatic rings. The Hall–Kier alpha value is -1.75. The van der Waals surface area contributed by atoms with Gasteiger partial charge in [0.1, 0.15) is 11.5 Å². The largest absolute Gasteiger partial charge is 0.497 e. The Bertz CT molecular complexity index is 447. The summed E-state index contributed by atoms with van der Waals surface area (Å²) in [5.41, 5.74) is 0.932. The van der Waals surface area contributed by atoms with E-state index in [9.17, 15) is 4.79 Å². The van der Waals surface area contributed by atoms with Crippen LogP contribution in [0.15, 0.2) is 18.2 Å². The SMILES string of the molecule is CCCN(CC(=O)O)C(C)c1cc(OC)ccc1OC. The van der Waals surface area contributed by atoms with Gasteiger partial charge in [-0.15, -0.1) is 0 Å². The molecule has 20 heavy (non-hydrogen) atoms. The van der Waals surface area contributed by atoms with Gasteiger partial charge in [-0.3, -0.25) is 9.69 Å². The van der Waals surface area contributed by atoms with E-state index < -0.39 is 5.97 Å². The van der Waals surface area contributed by atoms with Crippen LogP contribution in [0.3, 0.4) is 0 Å². The number of methoxy groups -OCH3 is 2. The van der Waals surface area contributed by atoms with Crippen molar-refractivity contribution in [2.45, 2.75) is 26.3 Å². The predicted molar refractivity (Wildman–Crippen MR) is 77.5 cm³/mol. The highest BCUT2D eigenvalue weighted by molar-refractivity contribution is 5.69. The molecule has 1 aromatic carbocycles. The summed E-state index contributed by atoms with van der Waals surface area (Å²) in [7, 11) is 3.22. The summed E-state index contributed by atoms with van der Waals surface area (Å²) in [4.78, 5) is 12.9. The van der Waals surface area contributed by atoms with Crippen LogP contribution < -0.4 is 9.47 Å². The number of rotatable bonds is 8. The lowest BCUT2D eigenvalue weighted by molar-refractivity contribution is -0.138. The van der Waals surface area contributed by atoms with Crippen LogP contribution in [0.1, 0.15) is 31.9 Å². The van der Waals surface area contributed by atoms with Gasteiger partial charge < -0.3 is 14.6 Å². The number of aliphatic carboxylic acids is 1. The van der Waals surface area contributed by atoms with Crippen LogP contribution >= 0.6 is 0 Å². The molecule has 0 aliphatic carbocycles. The molecule has 1 N–H and O–H groups in total. The number of nitrogens with zero attached hydrogens (tertiary/aromatic N) is 1. The zero-order valence-electron chi connectivity index (χ0n) is 12.5. The summed E-state index contributed by atoms with van der Waals surface area (Å²) in [6.45, 7) is 4.74. The molecule has 0 aromatic heterocycles. The van der Waals surface area contributed by atoms with Crippen molar-refractivity contribution in [2.75, 3.05) is 27.3 Å². The molecule has 0 spiro atoms. The number of carbonyl (C=O) groups is 1. The van der Waals surface area contributed by atoms with Crippen molar-refractivity contribution in [1.82, 2.24) is 4.90 Å². The van der Waals surface area contributed by atoms with Crippen molar-refractivity contribution in [1.29, 1.82) is 0 Å². The molecule has 0 saturated carbocycles. The van der Waals surface area contributed by atoms with Crippen LogP contribution in [0.2, 0.25) is 0 Å². The first-order valence-corrected chi connectivity index (χ1v) is 6.71. The first-order chi connectivity index (χ1) is 9.53. The van der Waals surface area contributed by atoms with Crippen molar-refractivity contribution in [3.63, 3.8) is 0 Å². The highest BCUT2D eigenvalue weighted by Gasteiger charge is 2.21. The van der Waals surface area contributed by atoms with E-state index in [1.54, 1.807) is 14.2 Å². The van der Waals surface area contributed by atoms with Gasteiger partial charge >= 0.3 is 5.97 Å². The minimum absolute atomic E-state index is 0.00930. The smallest absolute Gasteiger partial charge is 0.317 e. The van der Waals surface area contributed by atoms with Gasteiger partial charge in [-0.25, -0.2) is 0 Å². The molecule has 0 radical (unpaired) electrons. The predicted octanol–water partition coefficient (Wildman–Crippen LogP) is 2.56. The van der Waals surface area contributed by atoms with E-state index in [1.807, 2.05) is 36.9 Å². The molecule has 0 heterocycles. The highest BCUT2D eigenvalue weighted by atomic mass is 16.5. The quantitative estimate of drug-likeness (QED) is 0.793. The van der Waals surface area contributed by atoms with Gasteiger partial charge in [0.05, 0.1) is 20.8 Å². The maximum atomic E-state index is 11.0. The summed E-state index contributed by atoms with van der Waals surface area (Å²) in [5, 5.41) is 9.04. The zero-order valence-corrected chi connectivity index (χ0v) is 12.5. The second kappa shape index (κ2) is 7.75. The van der Waals surface area contributed by atoms with Crippen LogP contribution in [-0.4, -0.2) is 43.3 Å². The molecule has 5 heteroatoms. The van der Waals surface area contributed by atoms with E-state index in [0.29, 0.717) is 6.54 Å². The fraction of sp³-hybridized carbons (Fsp3) is 0.533. The van der Waals surface area contributed by atoms with E-state index >= 15 is 0 Å². The van der Waals surface area contributed by atoms with E-state index in [4.69, 9.17) is 14.6 Å². The molecule has 1 unspecified atom stereocenters. The number of benzene rings is 1. The standard InChI is InChI=1S/C15H23NO4/c1-5-8-16(10-15(17)18)11(2)13-9-12(19-3)6-7-14(13)20-4/h6-7,9,11H,5,8,10H2,1-4H3,(H,17,18). The monoisotopic (exact) mass is 281 g/mol. The van der Waals surface area contributed by atoms with Gasteiger partial charge in [0.25, 0.3) is 0 Å². The number of ether oxygens (including phenoxy) is 2. The third-order valence-corrected chi connectivity index (χ3v) is 3.28. The van der Waals surface area contributed by atoms with Crippen molar-refractivity contribution in [2.24, 2.45) is 0 Å². The maximum absolute atomic E-state index is 11.0. The molecule has 1 rings (SSSR count). The fourth-order valence-electron chi connectivity index (χ4n) is 2.23. The molecule has 0 saturated heterocycles. The highest BCUT2D eigenvalue weighted by Crippen LogP contribution is 2.32. The second-order valence-electron chi connectivity index (χ2n) is 4.65. The maximum Gasteiger partial charge on any atom is 0.317 e. The molecule has 0 aliphatic heterocycles. The number of hydrogen-bond acceptors (Lipinski definition) is 4. The second-order valence-corrected chi connectivity index (χ2v) is 4.65. The lowest BCUT2D eigenvalue weighted by Crippen LogP contribution is -2.33. The molecular formula is C15H23NO4. The zero-order chi connectivity index (χ0) is 15.1. The summed E-state index contributed by atoms with van der Waals surface area (Å²) in [5.74, 6) is 0.649. The third kappa shape index (κ3) is 4.13. The topological polar surface area (TPSA) is 59.0 Å². The van der Waals surface area contributed by atoms with Gasteiger partial charge in [0, 0.05) is 11.6 Å². The van der Waals surface area contributed by atoms with Crippen LogP contribution in [0, 0.1) is 0 Å². The Kier molecular flexibility index (Phi) is 6.31. The average molecular weight is 281 g/mol. The molecule has 0 fully saturated rings. The van der Waals surface area contributed by atoms with E-state index in [2.05, 4.69) is 0 Å². The summed E-state index contributed by atoms with van der Waals surface area (Å²) >= 11 is 0. The van der Waals surface area contributed by atoms with Gasteiger partial charge in [-0.2, -0.15) is 0 Å². The van der Waals surface area contributed by atoms with Crippen LogP contribution in [-0.2, 0) is 4.79 Å². The molecule has 0 aliphatic rings. The first kappa shape index (κ1) is 16.3. The number of carboxylic acid groups (broad SMARTS) is 1. The van der Waals surface area contributed by atoms with E-state index in [-0.39, 0.29) is 12.6 Å². The number of hydrogen-bond donors (Lipinski definition) is 1. The van der Waals surface area contributed by atoms with E-state index in [1.165, 1.54) is 0 Å². The lowest BCUT2D eigenvalue weighted by atomic mass is 10.0. The Morgan fingerprint density at radius 1 is 1.35 bits per heavy atom. The van der Waals surface area contributed by atoms with Crippen molar-refractivity contribution >= 4 is 5.97 Å². The Labute approximate surface area is 120 Å².